The van der Waals surface area contributed by atoms with Crippen molar-refractivity contribution >= 4 is 28.4 Å². The number of benzene rings is 1. The van der Waals surface area contributed by atoms with Gasteiger partial charge in [-0.3, -0.25) is 9.89 Å². The van der Waals surface area contributed by atoms with Crippen LogP contribution in [-0.4, -0.2) is 22.6 Å². The molecule has 0 unspecified atom stereocenters. The van der Waals surface area contributed by atoms with E-state index in [9.17, 15) is 4.79 Å². The maximum Gasteiger partial charge on any atom is 0.253 e. The molecule has 1 amide bonds. The average Bonchev–Trinajstić information content (AvgIpc) is 2.65. The molecular weight excluding hydrogens is 214 g/mol. The lowest BCUT2D eigenvalue weighted by Crippen LogP contribution is -2.23. The molecule has 78 valence electrons. The highest BCUT2D eigenvalue weighted by molar-refractivity contribution is 6.35. The highest BCUT2D eigenvalue weighted by atomic mass is 35.5. The van der Waals surface area contributed by atoms with Crippen LogP contribution >= 0.6 is 11.6 Å². The Morgan fingerprint density at radius 3 is 3.13 bits per heavy atom. The second-order valence-electron chi connectivity index (χ2n) is 3.11. The fraction of sp³-hybridized carbons (Fsp3) is 0.200. The smallest absolute Gasteiger partial charge is 0.253 e. The molecule has 0 aliphatic carbocycles. The quantitative estimate of drug-likeness (QED) is 0.818. The number of carbonyl (C=O) groups excluding carboxylic acids is 1. The van der Waals surface area contributed by atoms with E-state index in [2.05, 4.69) is 15.5 Å². The Morgan fingerprint density at radius 1 is 1.60 bits per heavy atom. The SMILES string of the molecule is CCNC(=O)c1c(Cl)ccc2[nH]ncc12. The van der Waals surface area contributed by atoms with Gasteiger partial charge in [0.2, 0.25) is 0 Å². The molecule has 0 saturated carbocycles. The molecule has 2 aromatic rings. The van der Waals surface area contributed by atoms with E-state index in [1.165, 1.54) is 0 Å². The molecule has 2 rings (SSSR count). The van der Waals surface area contributed by atoms with E-state index >= 15 is 0 Å². The first-order valence-electron chi connectivity index (χ1n) is 4.63. The van der Waals surface area contributed by atoms with Gasteiger partial charge in [-0.25, -0.2) is 0 Å². The third-order valence-corrected chi connectivity index (χ3v) is 2.45. The summed E-state index contributed by atoms with van der Waals surface area (Å²) >= 11 is 5.99. The van der Waals surface area contributed by atoms with E-state index in [4.69, 9.17) is 11.6 Å². The Bertz CT molecular complexity index is 506. The number of rotatable bonds is 2. The average molecular weight is 224 g/mol. The topological polar surface area (TPSA) is 57.8 Å². The van der Waals surface area contributed by atoms with E-state index in [0.717, 1.165) is 10.9 Å². The van der Waals surface area contributed by atoms with Gasteiger partial charge < -0.3 is 5.32 Å². The first-order chi connectivity index (χ1) is 7.24. The number of nitrogens with one attached hydrogen (secondary N) is 2. The molecule has 1 aromatic carbocycles. The molecule has 0 bridgehead atoms. The number of hydrogen-bond acceptors (Lipinski definition) is 2. The molecule has 0 saturated heterocycles. The molecule has 1 aromatic heterocycles. The maximum absolute atomic E-state index is 11.7. The lowest BCUT2D eigenvalue weighted by Gasteiger charge is -2.05. The summed E-state index contributed by atoms with van der Waals surface area (Å²) in [5, 5.41) is 10.6. The van der Waals surface area contributed by atoms with E-state index < -0.39 is 0 Å². The fourth-order valence-electron chi connectivity index (χ4n) is 1.47. The van der Waals surface area contributed by atoms with Crippen LogP contribution in [0.25, 0.3) is 10.9 Å². The Kier molecular flexibility index (Phi) is 2.60. The highest BCUT2D eigenvalue weighted by Crippen LogP contribution is 2.24. The summed E-state index contributed by atoms with van der Waals surface area (Å²) in [7, 11) is 0. The van der Waals surface area contributed by atoms with Crippen LogP contribution in [0.5, 0.6) is 0 Å². The zero-order valence-electron chi connectivity index (χ0n) is 8.17. The van der Waals surface area contributed by atoms with Crippen molar-refractivity contribution in [3.63, 3.8) is 0 Å². The van der Waals surface area contributed by atoms with Crippen molar-refractivity contribution in [2.75, 3.05) is 6.54 Å². The summed E-state index contributed by atoms with van der Waals surface area (Å²) in [4.78, 5) is 11.7. The van der Waals surface area contributed by atoms with Gasteiger partial charge in [-0.05, 0) is 19.1 Å². The van der Waals surface area contributed by atoms with Crippen molar-refractivity contribution in [2.45, 2.75) is 6.92 Å². The molecule has 0 aliphatic heterocycles. The van der Waals surface area contributed by atoms with Gasteiger partial charge >= 0.3 is 0 Å². The minimum absolute atomic E-state index is 0.172. The normalized spacial score (nSPS) is 10.5. The molecule has 0 fully saturated rings. The summed E-state index contributed by atoms with van der Waals surface area (Å²) in [6, 6.07) is 3.49. The van der Waals surface area contributed by atoms with Gasteiger partial charge in [0, 0.05) is 11.9 Å². The molecule has 5 heteroatoms. The molecule has 1 heterocycles. The number of halogens is 1. The van der Waals surface area contributed by atoms with E-state index in [-0.39, 0.29) is 5.91 Å². The lowest BCUT2D eigenvalue weighted by atomic mass is 10.1. The summed E-state index contributed by atoms with van der Waals surface area (Å²) in [6.45, 7) is 2.44. The van der Waals surface area contributed by atoms with Gasteiger partial charge in [0.05, 0.1) is 22.3 Å². The second-order valence-corrected chi connectivity index (χ2v) is 3.52. The number of amides is 1. The molecule has 0 spiro atoms. The molecular formula is C10H10ClN3O. The van der Waals surface area contributed by atoms with Crippen LogP contribution in [0.3, 0.4) is 0 Å². The highest BCUT2D eigenvalue weighted by Gasteiger charge is 2.14. The zero-order valence-corrected chi connectivity index (χ0v) is 8.93. The molecule has 2 N–H and O–H groups in total. The number of carbonyl (C=O) groups is 1. The first kappa shape index (κ1) is 9.98. The van der Waals surface area contributed by atoms with Crippen molar-refractivity contribution in [2.24, 2.45) is 0 Å². The molecule has 4 nitrogen and oxygen atoms in total. The minimum Gasteiger partial charge on any atom is -0.352 e. The zero-order chi connectivity index (χ0) is 10.8. The van der Waals surface area contributed by atoms with Gasteiger partial charge in [-0.2, -0.15) is 5.10 Å². The third-order valence-electron chi connectivity index (χ3n) is 2.14. The van der Waals surface area contributed by atoms with Crippen LogP contribution in [0.15, 0.2) is 18.3 Å². The van der Waals surface area contributed by atoms with Crippen LogP contribution in [0, 0.1) is 0 Å². The van der Waals surface area contributed by atoms with Crippen molar-refractivity contribution < 1.29 is 4.79 Å². The third kappa shape index (κ3) is 1.68. The number of H-pyrrole nitrogens is 1. The van der Waals surface area contributed by atoms with Crippen LogP contribution < -0.4 is 5.32 Å². The molecule has 0 aliphatic rings. The van der Waals surface area contributed by atoms with Gasteiger partial charge in [0.15, 0.2) is 0 Å². The predicted octanol–water partition coefficient (Wildman–Crippen LogP) is 1.97. The number of hydrogen-bond donors (Lipinski definition) is 2. The first-order valence-corrected chi connectivity index (χ1v) is 5.01. The van der Waals surface area contributed by atoms with Crippen molar-refractivity contribution in [3.05, 3.63) is 28.9 Å². The van der Waals surface area contributed by atoms with E-state index in [1.807, 2.05) is 6.92 Å². The number of aromatic amines is 1. The Hall–Kier alpha value is -1.55. The van der Waals surface area contributed by atoms with Crippen LogP contribution in [-0.2, 0) is 0 Å². The van der Waals surface area contributed by atoms with Crippen molar-refractivity contribution in [1.29, 1.82) is 0 Å². The Labute approximate surface area is 91.6 Å². The van der Waals surface area contributed by atoms with Crippen LogP contribution in [0.4, 0.5) is 0 Å². The number of fused-ring (bicyclic) bond motifs is 1. The summed E-state index contributed by atoms with van der Waals surface area (Å²) in [5.41, 5.74) is 1.28. The van der Waals surface area contributed by atoms with Crippen LogP contribution in [0.1, 0.15) is 17.3 Å². The Morgan fingerprint density at radius 2 is 2.40 bits per heavy atom. The van der Waals surface area contributed by atoms with Crippen LogP contribution in [0.2, 0.25) is 5.02 Å². The number of nitrogens with zero attached hydrogens (tertiary/aromatic N) is 1. The van der Waals surface area contributed by atoms with E-state index in [1.54, 1.807) is 18.3 Å². The maximum atomic E-state index is 11.7. The van der Waals surface area contributed by atoms with Crippen molar-refractivity contribution in [1.82, 2.24) is 15.5 Å². The van der Waals surface area contributed by atoms with Gasteiger partial charge in [-0.15, -0.1) is 0 Å². The van der Waals surface area contributed by atoms with Crippen molar-refractivity contribution in [3.8, 4) is 0 Å². The molecule has 0 radical (unpaired) electrons. The number of aromatic nitrogens is 2. The Balaban J connectivity index is 2.61. The molecule has 0 atom stereocenters. The standard InChI is InChI=1S/C10H10ClN3O/c1-2-12-10(15)9-6-5-13-14-8(6)4-3-7(9)11/h3-5H,2H2,1H3,(H,12,15)(H,13,14). The summed E-state index contributed by atoms with van der Waals surface area (Å²) in [6.07, 6.45) is 1.60. The summed E-state index contributed by atoms with van der Waals surface area (Å²) < 4.78 is 0. The summed E-state index contributed by atoms with van der Waals surface area (Å²) in [5.74, 6) is -0.172. The second kappa shape index (κ2) is 3.90. The monoisotopic (exact) mass is 223 g/mol. The molecule has 15 heavy (non-hydrogen) atoms. The van der Waals surface area contributed by atoms with E-state index in [0.29, 0.717) is 17.1 Å². The fourth-order valence-corrected chi connectivity index (χ4v) is 1.72. The minimum atomic E-state index is -0.172. The lowest BCUT2D eigenvalue weighted by molar-refractivity contribution is 0.0957. The van der Waals surface area contributed by atoms with Gasteiger partial charge in [0.25, 0.3) is 5.91 Å². The predicted molar refractivity (Wildman–Crippen MR) is 59.1 cm³/mol. The van der Waals surface area contributed by atoms with Gasteiger partial charge in [-0.1, -0.05) is 11.6 Å². The largest absolute Gasteiger partial charge is 0.352 e. The van der Waals surface area contributed by atoms with Gasteiger partial charge in [0.1, 0.15) is 0 Å².